The van der Waals surface area contributed by atoms with Crippen molar-refractivity contribution in [2.75, 3.05) is 7.11 Å². The Morgan fingerprint density at radius 1 is 1.50 bits per heavy atom. The topological polar surface area (TPSA) is 18.0 Å². The van der Waals surface area contributed by atoms with Gasteiger partial charge in [0.15, 0.2) is 0 Å². The third-order valence-corrected chi connectivity index (χ3v) is 2.13. The number of aryl methyl sites for hydroxylation is 2. The summed E-state index contributed by atoms with van der Waals surface area (Å²) in [6.07, 6.45) is 9.76. The number of hydrogen-bond acceptors (Lipinski definition) is 1. The summed E-state index contributed by atoms with van der Waals surface area (Å²) in [6, 6.07) is 0. The molecule has 0 saturated heterocycles. The number of hydrogen-bond donors (Lipinski definition) is 0. The van der Waals surface area contributed by atoms with Crippen molar-refractivity contribution in [1.29, 1.82) is 0 Å². The Balaban J connectivity index is 2.22. The fourth-order valence-corrected chi connectivity index (χ4v) is 1.44. The summed E-state index contributed by atoms with van der Waals surface area (Å²) in [6.45, 7) is 4.37. The van der Waals surface area contributed by atoms with Gasteiger partial charge in [0, 0.05) is 7.11 Å². The van der Waals surface area contributed by atoms with E-state index in [9.17, 15) is 0 Å². The van der Waals surface area contributed by atoms with Gasteiger partial charge in [0.05, 0.1) is 13.1 Å². The maximum absolute atomic E-state index is 4.88. The first-order valence-corrected chi connectivity index (χ1v) is 5.26. The average molecular weight is 194 g/mol. The van der Waals surface area contributed by atoms with Crippen molar-refractivity contribution >= 4 is 7.48 Å². The van der Waals surface area contributed by atoms with Crippen LogP contribution in [-0.2, 0) is 17.7 Å². The monoisotopic (exact) mass is 194 g/mol. The number of rotatable bonds is 7. The van der Waals surface area contributed by atoms with E-state index in [-0.39, 0.29) is 0 Å². The first kappa shape index (κ1) is 11.3. The SMILES string of the molecule is CCC[n+]1ccn(CCC[B]OC)c1. The van der Waals surface area contributed by atoms with Gasteiger partial charge in [-0.3, -0.25) is 0 Å². The van der Waals surface area contributed by atoms with Gasteiger partial charge in [0.2, 0.25) is 6.33 Å². The zero-order chi connectivity index (χ0) is 10.2. The molecule has 14 heavy (non-hydrogen) atoms. The van der Waals surface area contributed by atoms with E-state index in [0.717, 1.165) is 25.8 Å². The van der Waals surface area contributed by atoms with Crippen LogP contribution in [0.4, 0.5) is 0 Å². The van der Waals surface area contributed by atoms with Crippen molar-refractivity contribution < 1.29 is 9.22 Å². The van der Waals surface area contributed by atoms with Crippen molar-refractivity contribution in [3.05, 3.63) is 18.7 Å². The molecule has 0 saturated carbocycles. The molecule has 1 heterocycles. The van der Waals surface area contributed by atoms with Crippen LogP contribution in [0.3, 0.4) is 0 Å². The van der Waals surface area contributed by atoms with Gasteiger partial charge in [-0.05, 0) is 19.2 Å². The third kappa shape index (κ3) is 3.96. The lowest BCUT2D eigenvalue weighted by Gasteiger charge is -1.95. The van der Waals surface area contributed by atoms with E-state index in [2.05, 4.69) is 34.8 Å². The predicted octanol–water partition coefficient (Wildman–Crippen LogP) is 1.26. The maximum Gasteiger partial charge on any atom is 0.292 e. The molecule has 0 fully saturated rings. The largest absolute Gasteiger partial charge is 0.443 e. The minimum atomic E-state index is 1.02. The van der Waals surface area contributed by atoms with E-state index >= 15 is 0 Å². The highest BCUT2D eigenvalue weighted by Gasteiger charge is 2.01. The molecule has 0 N–H and O–H groups in total. The summed E-state index contributed by atoms with van der Waals surface area (Å²) in [5.74, 6) is 0. The molecule has 0 aliphatic heterocycles. The Labute approximate surface area is 87.0 Å². The van der Waals surface area contributed by atoms with Gasteiger partial charge in [-0.1, -0.05) is 6.92 Å². The molecule has 3 nitrogen and oxygen atoms in total. The van der Waals surface area contributed by atoms with Crippen LogP contribution in [-0.4, -0.2) is 19.2 Å². The van der Waals surface area contributed by atoms with Gasteiger partial charge in [-0.15, -0.1) is 0 Å². The van der Waals surface area contributed by atoms with Crippen LogP contribution in [0.25, 0.3) is 0 Å². The van der Waals surface area contributed by atoms with Crippen molar-refractivity contribution in [2.45, 2.75) is 39.2 Å². The molecule has 0 aromatic carbocycles. The van der Waals surface area contributed by atoms with E-state index < -0.39 is 0 Å². The van der Waals surface area contributed by atoms with E-state index in [4.69, 9.17) is 4.65 Å². The van der Waals surface area contributed by atoms with Gasteiger partial charge >= 0.3 is 0 Å². The number of nitrogens with zero attached hydrogens (tertiary/aromatic N) is 2. The minimum Gasteiger partial charge on any atom is -0.443 e. The molecule has 0 spiro atoms. The summed E-state index contributed by atoms with van der Waals surface area (Å²) in [5, 5.41) is 0. The predicted molar refractivity (Wildman–Crippen MR) is 57.1 cm³/mol. The Bertz CT molecular complexity index is 250. The molecule has 77 valence electrons. The molecule has 1 aromatic heterocycles. The molecule has 1 rings (SSSR count). The molecule has 0 unspecified atom stereocenters. The van der Waals surface area contributed by atoms with Gasteiger partial charge in [-0.2, -0.15) is 0 Å². The van der Waals surface area contributed by atoms with Crippen molar-refractivity contribution in [1.82, 2.24) is 4.57 Å². The lowest BCUT2D eigenvalue weighted by Crippen LogP contribution is -2.30. The average Bonchev–Trinajstić information content (AvgIpc) is 2.61. The second-order valence-electron chi connectivity index (χ2n) is 3.43. The summed E-state index contributed by atoms with van der Waals surface area (Å²) in [7, 11) is 3.55. The highest BCUT2D eigenvalue weighted by Crippen LogP contribution is 1.94. The Morgan fingerprint density at radius 2 is 2.36 bits per heavy atom. The summed E-state index contributed by atoms with van der Waals surface area (Å²) < 4.78 is 9.33. The number of aromatic nitrogens is 2. The maximum atomic E-state index is 4.88. The van der Waals surface area contributed by atoms with Crippen molar-refractivity contribution in [2.24, 2.45) is 0 Å². The molecular formula is C10H19BN2O+. The molecule has 0 aliphatic carbocycles. The van der Waals surface area contributed by atoms with E-state index in [1.807, 2.05) is 7.48 Å². The lowest BCUT2D eigenvalue weighted by molar-refractivity contribution is -0.696. The molecular weight excluding hydrogens is 175 g/mol. The molecule has 4 heteroatoms. The summed E-state index contributed by atoms with van der Waals surface area (Å²) >= 11 is 0. The van der Waals surface area contributed by atoms with Crippen LogP contribution in [0.2, 0.25) is 6.32 Å². The highest BCUT2D eigenvalue weighted by molar-refractivity contribution is 6.26. The normalized spacial score (nSPS) is 10.4. The zero-order valence-electron chi connectivity index (χ0n) is 9.15. The molecule has 0 aliphatic rings. The standard InChI is InChI=1S/C10H19BN2O/c1-3-6-12-8-9-13(10-12)7-4-5-11-14-2/h8-10H,3-7H2,1-2H3/q+1. The fraction of sp³-hybridized carbons (Fsp3) is 0.700. The van der Waals surface area contributed by atoms with Crippen LogP contribution in [0, 0.1) is 0 Å². The van der Waals surface area contributed by atoms with Crippen LogP contribution >= 0.6 is 0 Å². The molecule has 0 bridgehead atoms. The molecule has 1 aromatic rings. The van der Waals surface area contributed by atoms with Crippen LogP contribution < -0.4 is 4.57 Å². The summed E-state index contributed by atoms with van der Waals surface area (Å²) in [5.41, 5.74) is 0. The van der Waals surface area contributed by atoms with Crippen LogP contribution in [0.15, 0.2) is 18.7 Å². The van der Waals surface area contributed by atoms with Gasteiger partial charge in [0.1, 0.15) is 12.4 Å². The van der Waals surface area contributed by atoms with Crippen molar-refractivity contribution in [3.8, 4) is 0 Å². The number of imidazole rings is 1. The Morgan fingerprint density at radius 3 is 3.07 bits per heavy atom. The van der Waals surface area contributed by atoms with E-state index in [1.165, 1.54) is 6.42 Å². The summed E-state index contributed by atoms with van der Waals surface area (Å²) in [4.78, 5) is 0. The second kappa shape index (κ2) is 6.65. The molecule has 0 amide bonds. The van der Waals surface area contributed by atoms with E-state index in [1.54, 1.807) is 7.11 Å². The van der Waals surface area contributed by atoms with Gasteiger partial charge in [0.25, 0.3) is 7.48 Å². The van der Waals surface area contributed by atoms with Crippen LogP contribution in [0.1, 0.15) is 19.8 Å². The smallest absolute Gasteiger partial charge is 0.292 e. The highest BCUT2D eigenvalue weighted by atomic mass is 16.4. The van der Waals surface area contributed by atoms with E-state index in [0.29, 0.717) is 0 Å². The quantitative estimate of drug-likeness (QED) is 0.363. The minimum absolute atomic E-state index is 1.02. The zero-order valence-corrected chi connectivity index (χ0v) is 9.15. The fourth-order valence-electron chi connectivity index (χ4n) is 1.44. The Hall–Kier alpha value is -0.765. The van der Waals surface area contributed by atoms with Gasteiger partial charge in [-0.25, -0.2) is 9.13 Å². The third-order valence-electron chi connectivity index (χ3n) is 2.13. The van der Waals surface area contributed by atoms with Crippen molar-refractivity contribution in [3.63, 3.8) is 0 Å². The molecule has 1 radical (unpaired) electrons. The first-order chi connectivity index (χ1) is 6.86. The molecule has 0 atom stereocenters. The first-order valence-electron chi connectivity index (χ1n) is 5.26. The second-order valence-corrected chi connectivity index (χ2v) is 3.43. The Kier molecular flexibility index (Phi) is 5.38. The van der Waals surface area contributed by atoms with Gasteiger partial charge < -0.3 is 4.65 Å². The van der Waals surface area contributed by atoms with Crippen LogP contribution in [0.5, 0.6) is 0 Å². The lowest BCUT2D eigenvalue weighted by atomic mass is 9.93.